The van der Waals surface area contributed by atoms with Crippen LogP contribution in [0, 0.1) is 0 Å². The lowest BCUT2D eigenvalue weighted by molar-refractivity contribution is 0.249. The molecule has 0 amide bonds. The highest BCUT2D eigenvalue weighted by Gasteiger charge is 2.20. The van der Waals surface area contributed by atoms with Crippen molar-refractivity contribution in [1.82, 2.24) is 14.5 Å². The van der Waals surface area contributed by atoms with E-state index in [-0.39, 0.29) is 5.56 Å². The molecule has 0 aliphatic carbocycles. The first kappa shape index (κ1) is 18.4. The Balaban J connectivity index is 1.41. The smallest absolute Gasteiger partial charge is 0.293 e. The second-order valence-corrected chi connectivity index (χ2v) is 7.17. The third-order valence-electron chi connectivity index (χ3n) is 5.35. The highest BCUT2D eigenvalue weighted by atomic mass is 16.1. The van der Waals surface area contributed by atoms with Gasteiger partial charge in [-0.25, -0.2) is 4.98 Å². The molecule has 2 heterocycles. The van der Waals surface area contributed by atoms with Gasteiger partial charge in [-0.15, -0.1) is 0 Å². The first-order chi connectivity index (χ1) is 13.7. The van der Waals surface area contributed by atoms with Gasteiger partial charge in [0, 0.05) is 51.7 Å². The van der Waals surface area contributed by atoms with E-state index in [2.05, 4.69) is 63.3 Å². The van der Waals surface area contributed by atoms with Gasteiger partial charge in [0.15, 0.2) is 5.82 Å². The van der Waals surface area contributed by atoms with Gasteiger partial charge in [-0.3, -0.25) is 9.69 Å². The van der Waals surface area contributed by atoms with E-state index in [1.165, 1.54) is 16.7 Å². The SMILES string of the molecule is CCn1ccnc(N2CCN(Cc3cccc(-c4ccccc4)c3)CC2)c1=O. The second kappa shape index (κ2) is 8.40. The molecule has 1 aliphatic heterocycles. The van der Waals surface area contributed by atoms with E-state index in [4.69, 9.17) is 0 Å². The van der Waals surface area contributed by atoms with Crippen molar-refractivity contribution in [3.05, 3.63) is 82.9 Å². The van der Waals surface area contributed by atoms with Crippen molar-refractivity contribution in [3.8, 4) is 11.1 Å². The van der Waals surface area contributed by atoms with Crippen LogP contribution in [0.3, 0.4) is 0 Å². The van der Waals surface area contributed by atoms with Gasteiger partial charge in [0.05, 0.1) is 0 Å². The van der Waals surface area contributed by atoms with Crippen LogP contribution in [0.1, 0.15) is 12.5 Å². The number of aromatic nitrogens is 2. The van der Waals surface area contributed by atoms with Crippen LogP contribution >= 0.6 is 0 Å². The van der Waals surface area contributed by atoms with E-state index < -0.39 is 0 Å². The fourth-order valence-corrected chi connectivity index (χ4v) is 3.76. The van der Waals surface area contributed by atoms with E-state index in [0.29, 0.717) is 12.4 Å². The number of hydrogen-bond donors (Lipinski definition) is 0. The van der Waals surface area contributed by atoms with Crippen molar-refractivity contribution < 1.29 is 0 Å². The first-order valence-corrected chi connectivity index (χ1v) is 9.91. The van der Waals surface area contributed by atoms with Crippen molar-refractivity contribution in [3.63, 3.8) is 0 Å². The minimum atomic E-state index is 0.00834. The zero-order chi connectivity index (χ0) is 19.3. The predicted octanol–water partition coefficient (Wildman–Crippen LogP) is 3.25. The molecule has 1 saturated heterocycles. The Bertz CT molecular complexity index is 975. The highest BCUT2D eigenvalue weighted by Crippen LogP contribution is 2.21. The van der Waals surface area contributed by atoms with Gasteiger partial charge in [0.25, 0.3) is 5.56 Å². The Morgan fingerprint density at radius 1 is 0.929 bits per heavy atom. The third kappa shape index (κ3) is 3.99. The van der Waals surface area contributed by atoms with Gasteiger partial charge < -0.3 is 9.47 Å². The summed E-state index contributed by atoms with van der Waals surface area (Å²) in [7, 11) is 0. The Morgan fingerprint density at radius 2 is 1.68 bits per heavy atom. The Labute approximate surface area is 165 Å². The molecular weight excluding hydrogens is 348 g/mol. The summed E-state index contributed by atoms with van der Waals surface area (Å²) in [6, 6.07) is 19.3. The summed E-state index contributed by atoms with van der Waals surface area (Å²) in [5.41, 5.74) is 3.83. The van der Waals surface area contributed by atoms with Gasteiger partial charge >= 0.3 is 0 Å². The first-order valence-electron chi connectivity index (χ1n) is 9.91. The number of rotatable bonds is 5. The highest BCUT2D eigenvalue weighted by molar-refractivity contribution is 5.63. The van der Waals surface area contributed by atoms with Gasteiger partial charge in [-0.1, -0.05) is 48.5 Å². The summed E-state index contributed by atoms with van der Waals surface area (Å²) in [4.78, 5) is 21.4. The fraction of sp³-hybridized carbons (Fsp3) is 0.304. The molecule has 0 radical (unpaired) electrons. The largest absolute Gasteiger partial charge is 0.349 e. The normalized spacial score (nSPS) is 15.0. The van der Waals surface area contributed by atoms with Gasteiger partial charge in [0.2, 0.25) is 0 Å². The zero-order valence-electron chi connectivity index (χ0n) is 16.3. The number of nitrogens with zero attached hydrogens (tertiary/aromatic N) is 4. The van der Waals surface area contributed by atoms with Crippen LogP contribution in [-0.4, -0.2) is 40.6 Å². The quantitative estimate of drug-likeness (QED) is 0.687. The minimum absolute atomic E-state index is 0.00834. The molecule has 5 nitrogen and oxygen atoms in total. The number of hydrogen-bond acceptors (Lipinski definition) is 4. The maximum absolute atomic E-state index is 12.5. The van der Waals surface area contributed by atoms with Crippen molar-refractivity contribution >= 4 is 5.82 Å². The maximum Gasteiger partial charge on any atom is 0.293 e. The maximum atomic E-state index is 12.5. The molecule has 0 atom stereocenters. The number of aryl methyl sites for hydroxylation is 1. The molecule has 28 heavy (non-hydrogen) atoms. The lowest BCUT2D eigenvalue weighted by Gasteiger charge is -2.35. The minimum Gasteiger partial charge on any atom is -0.349 e. The number of piperazine rings is 1. The predicted molar refractivity (Wildman–Crippen MR) is 114 cm³/mol. The van der Waals surface area contributed by atoms with Gasteiger partial charge in [-0.05, 0) is 29.7 Å². The monoisotopic (exact) mass is 374 g/mol. The van der Waals surface area contributed by atoms with E-state index >= 15 is 0 Å². The van der Waals surface area contributed by atoms with E-state index in [9.17, 15) is 4.79 Å². The summed E-state index contributed by atoms with van der Waals surface area (Å²) in [5.74, 6) is 0.579. The molecule has 2 aromatic carbocycles. The van der Waals surface area contributed by atoms with Crippen molar-refractivity contribution in [2.75, 3.05) is 31.1 Å². The lowest BCUT2D eigenvalue weighted by Crippen LogP contribution is -2.48. The summed E-state index contributed by atoms with van der Waals surface area (Å²) < 4.78 is 1.71. The molecule has 3 aromatic rings. The molecule has 0 bridgehead atoms. The molecule has 1 aliphatic rings. The van der Waals surface area contributed by atoms with Crippen LogP contribution in [0.2, 0.25) is 0 Å². The van der Waals surface area contributed by atoms with Gasteiger partial charge in [-0.2, -0.15) is 0 Å². The molecular formula is C23H26N4O. The van der Waals surface area contributed by atoms with E-state index in [1.54, 1.807) is 17.0 Å². The van der Waals surface area contributed by atoms with E-state index in [0.717, 1.165) is 32.7 Å². The lowest BCUT2D eigenvalue weighted by atomic mass is 10.0. The van der Waals surface area contributed by atoms with Crippen molar-refractivity contribution in [1.29, 1.82) is 0 Å². The zero-order valence-corrected chi connectivity index (χ0v) is 16.3. The van der Waals surface area contributed by atoms with E-state index in [1.807, 2.05) is 13.0 Å². The number of benzene rings is 2. The Kier molecular flexibility index (Phi) is 5.53. The molecule has 1 fully saturated rings. The Hall–Kier alpha value is -2.92. The fourth-order valence-electron chi connectivity index (χ4n) is 3.76. The van der Waals surface area contributed by atoms with Gasteiger partial charge in [0.1, 0.15) is 0 Å². The topological polar surface area (TPSA) is 41.4 Å². The molecule has 0 N–H and O–H groups in total. The molecule has 1 aromatic heterocycles. The third-order valence-corrected chi connectivity index (χ3v) is 5.35. The molecule has 0 unspecified atom stereocenters. The molecule has 0 spiro atoms. The van der Waals surface area contributed by atoms with Crippen molar-refractivity contribution in [2.45, 2.75) is 20.0 Å². The van der Waals surface area contributed by atoms with Crippen LogP contribution in [-0.2, 0) is 13.1 Å². The molecule has 0 saturated carbocycles. The average Bonchev–Trinajstić information content (AvgIpc) is 2.75. The molecule has 5 heteroatoms. The number of anilines is 1. The average molecular weight is 374 g/mol. The Morgan fingerprint density at radius 3 is 2.43 bits per heavy atom. The second-order valence-electron chi connectivity index (χ2n) is 7.17. The van der Waals surface area contributed by atoms with Crippen LogP contribution in [0.15, 0.2) is 71.8 Å². The summed E-state index contributed by atoms with van der Waals surface area (Å²) >= 11 is 0. The summed E-state index contributed by atoms with van der Waals surface area (Å²) in [6.07, 6.45) is 3.48. The summed E-state index contributed by atoms with van der Waals surface area (Å²) in [5, 5.41) is 0. The standard InChI is InChI=1S/C23H26N4O/c1-2-26-12-11-24-22(23(26)28)27-15-13-25(14-16-27)18-19-7-6-10-21(17-19)20-8-4-3-5-9-20/h3-12,17H,2,13-16,18H2,1H3. The molecule has 4 rings (SSSR count). The van der Waals surface area contributed by atoms with Crippen molar-refractivity contribution in [2.24, 2.45) is 0 Å². The van der Waals surface area contributed by atoms with Crippen LogP contribution in [0.4, 0.5) is 5.82 Å². The summed E-state index contributed by atoms with van der Waals surface area (Å²) in [6.45, 7) is 7.09. The van der Waals surface area contributed by atoms with Crippen LogP contribution < -0.4 is 10.5 Å². The van der Waals surface area contributed by atoms with Crippen LogP contribution in [0.25, 0.3) is 11.1 Å². The molecule has 144 valence electrons. The van der Waals surface area contributed by atoms with Crippen LogP contribution in [0.5, 0.6) is 0 Å².